The van der Waals surface area contributed by atoms with Gasteiger partial charge in [0.25, 0.3) is 0 Å². The van der Waals surface area contributed by atoms with E-state index in [1.165, 1.54) is 11.1 Å². The summed E-state index contributed by atoms with van der Waals surface area (Å²) in [5.74, 6) is 0. The van der Waals surface area contributed by atoms with Gasteiger partial charge in [-0.1, -0.05) is 0 Å². The molecule has 0 aliphatic carbocycles. The SMILES string of the molecule is [CH3][Sn]1([CH3])[O]CC(Cc2ccccc2)(c2ccccc2)[O]1. The van der Waals surface area contributed by atoms with Crippen molar-refractivity contribution in [2.75, 3.05) is 6.61 Å². The third-order valence-electron chi connectivity index (χ3n) is 3.73. The topological polar surface area (TPSA) is 18.5 Å². The normalized spacial score (nSPS) is 24.7. The Labute approximate surface area is 125 Å². The van der Waals surface area contributed by atoms with Crippen molar-refractivity contribution in [1.29, 1.82) is 0 Å². The van der Waals surface area contributed by atoms with E-state index in [0.717, 1.165) is 6.42 Å². The van der Waals surface area contributed by atoms with Gasteiger partial charge in [-0.2, -0.15) is 0 Å². The van der Waals surface area contributed by atoms with Crippen LogP contribution in [0.3, 0.4) is 0 Å². The first-order chi connectivity index (χ1) is 9.60. The molecule has 1 aliphatic heterocycles. The van der Waals surface area contributed by atoms with E-state index in [2.05, 4.69) is 58.4 Å². The average Bonchev–Trinajstić information content (AvgIpc) is 2.77. The molecule has 0 amide bonds. The van der Waals surface area contributed by atoms with Crippen LogP contribution in [-0.4, -0.2) is 25.8 Å². The number of benzene rings is 2. The second-order valence-corrected chi connectivity index (χ2v) is 15.2. The van der Waals surface area contributed by atoms with E-state index >= 15 is 0 Å². The predicted octanol–water partition coefficient (Wildman–Crippen LogP) is 3.87. The zero-order valence-electron chi connectivity index (χ0n) is 12.0. The second kappa shape index (κ2) is 5.51. The van der Waals surface area contributed by atoms with Crippen LogP contribution < -0.4 is 0 Å². The van der Waals surface area contributed by atoms with Crippen LogP contribution in [0.5, 0.6) is 0 Å². The Balaban J connectivity index is 1.97. The molecule has 1 unspecified atom stereocenters. The van der Waals surface area contributed by atoms with Crippen LogP contribution in [0.2, 0.25) is 9.88 Å². The molecule has 0 spiro atoms. The molecule has 20 heavy (non-hydrogen) atoms. The summed E-state index contributed by atoms with van der Waals surface area (Å²) in [6, 6.07) is 21.0. The first-order valence-corrected chi connectivity index (χ1v) is 15.1. The van der Waals surface area contributed by atoms with Gasteiger partial charge in [-0.15, -0.1) is 0 Å². The molecule has 2 aromatic carbocycles. The van der Waals surface area contributed by atoms with Crippen LogP contribution in [0.15, 0.2) is 60.7 Å². The van der Waals surface area contributed by atoms with E-state index in [-0.39, 0.29) is 5.60 Å². The van der Waals surface area contributed by atoms with Crippen LogP contribution in [0, 0.1) is 0 Å². The molecule has 1 fully saturated rings. The van der Waals surface area contributed by atoms with Gasteiger partial charge in [0.2, 0.25) is 0 Å². The Morgan fingerprint density at radius 1 is 0.950 bits per heavy atom. The fourth-order valence-corrected chi connectivity index (χ4v) is 8.04. The molecule has 0 radical (unpaired) electrons. The van der Waals surface area contributed by atoms with Gasteiger partial charge in [0.15, 0.2) is 0 Å². The third-order valence-corrected chi connectivity index (χ3v) is 8.64. The molecule has 1 atom stereocenters. The van der Waals surface area contributed by atoms with Gasteiger partial charge < -0.3 is 0 Å². The summed E-state index contributed by atoms with van der Waals surface area (Å²) < 4.78 is 12.6. The summed E-state index contributed by atoms with van der Waals surface area (Å²) in [6.07, 6.45) is 0.873. The fourth-order valence-electron chi connectivity index (χ4n) is 2.82. The molecule has 0 N–H and O–H groups in total. The first kappa shape index (κ1) is 14.1. The molecule has 1 heterocycles. The Kier molecular flexibility index (Phi) is 3.89. The van der Waals surface area contributed by atoms with Crippen molar-refractivity contribution in [3.63, 3.8) is 0 Å². The molecule has 3 heteroatoms. The van der Waals surface area contributed by atoms with Crippen LogP contribution in [0.1, 0.15) is 11.1 Å². The Morgan fingerprint density at radius 3 is 2.10 bits per heavy atom. The second-order valence-electron chi connectivity index (χ2n) is 5.81. The van der Waals surface area contributed by atoms with Crippen LogP contribution in [-0.2, 0) is 18.2 Å². The van der Waals surface area contributed by atoms with E-state index in [1.807, 2.05) is 12.1 Å². The Hall–Kier alpha value is -0.841. The molecule has 2 nitrogen and oxygen atoms in total. The van der Waals surface area contributed by atoms with Crippen LogP contribution in [0.4, 0.5) is 0 Å². The van der Waals surface area contributed by atoms with Crippen molar-refractivity contribution in [1.82, 2.24) is 0 Å². The third kappa shape index (κ3) is 2.92. The summed E-state index contributed by atoms with van der Waals surface area (Å²) in [7, 11) is 0. The van der Waals surface area contributed by atoms with Gasteiger partial charge in [0, 0.05) is 0 Å². The fraction of sp³-hybridized carbons (Fsp3) is 0.294. The van der Waals surface area contributed by atoms with E-state index in [4.69, 9.17) is 6.15 Å². The minimum absolute atomic E-state index is 0.303. The van der Waals surface area contributed by atoms with Crippen molar-refractivity contribution in [2.24, 2.45) is 0 Å². The molecule has 1 saturated heterocycles. The van der Waals surface area contributed by atoms with Crippen LogP contribution >= 0.6 is 0 Å². The zero-order valence-corrected chi connectivity index (χ0v) is 14.9. The summed E-state index contributed by atoms with van der Waals surface area (Å²) in [5, 5.41) is 0. The molecule has 0 bridgehead atoms. The van der Waals surface area contributed by atoms with Crippen molar-refractivity contribution in [3.05, 3.63) is 71.8 Å². The molecule has 0 aromatic heterocycles. The van der Waals surface area contributed by atoms with E-state index in [1.54, 1.807) is 0 Å². The maximum atomic E-state index is 6.51. The van der Waals surface area contributed by atoms with Gasteiger partial charge in [-0.05, 0) is 0 Å². The predicted molar refractivity (Wildman–Crippen MR) is 82.8 cm³/mol. The monoisotopic (exact) mass is 376 g/mol. The number of hydrogen-bond acceptors (Lipinski definition) is 2. The van der Waals surface area contributed by atoms with Crippen molar-refractivity contribution >= 4 is 19.2 Å². The van der Waals surface area contributed by atoms with Crippen molar-refractivity contribution < 1.29 is 6.15 Å². The van der Waals surface area contributed by atoms with Gasteiger partial charge >= 0.3 is 126 Å². The minimum atomic E-state index is -2.77. The average molecular weight is 375 g/mol. The van der Waals surface area contributed by atoms with E-state index in [0.29, 0.717) is 6.61 Å². The standard InChI is InChI=1S/C15H14O2.2CH3.Sn/c16-12-15(17,14-9-5-2-6-10-14)11-13-7-3-1-4-8-13;;;/h1-10H,11-12H2;2*1H3;/q-2;;;+2. The molecular weight excluding hydrogens is 355 g/mol. The molecule has 0 saturated carbocycles. The van der Waals surface area contributed by atoms with Gasteiger partial charge in [0.05, 0.1) is 0 Å². The molecular formula is C17H20O2Sn. The molecule has 1 aliphatic rings. The summed E-state index contributed by atoms with van der Waals surface area (Å²) in [4.78, 5) is 4.37. The Morgan fingerprint density at radius 2 is 1.55 bits per heavy atom. The van der Waals surface area contributed by atoms with Crippen molar-refractivity contribution in [3.8, 4) is 0 Å². The quantitative estimate of drug-likeness (QED) is 0.759. The molecule has 3 rings (SSSR count). The van der Waals surface area contributed by atoms with Crippen molar-refractivity contribution in [2.45, 2.75) is 21.9 Å². The Bertz CT molecular complexity index is 568. The summed E-state index contributed by atoms with van der Waals surface area (Å²) >= 11 is -2.77. The molecule has 2 aromatic rings. The van der Waals surface area contributed by atoms with Crippen LogP contribution in [0.25, 0.3) is 0 Å². The summed E-state index contributed by atoms with van der Waals surface area (Å²) in [6.45, 7) is 0.676. The zero-order chi connectivity index (χ0) is 14.1. The number of hydrogen-bond donors (Lipinski definition) is 0. The van der Waals surface area contributed by atoms with E-state index < -0.39 is 19.2 Å². The van der Waals surface area contributed by atoms with Gasteiger partial charge in [0.1, 0.15) is 0 Å². The maximum absolute atomic E-state index is 6.51. The molecule has 104 valence electrons. The van der Waals surface area contributed by atoms with Gasteiger partial charge in [-0.3, -0.25) is 0 Å². The van der Waals surface area contributed by atoms with Gasteiger partial charge in [-0.25, -0.2) is 0 Å². The number of rotatable bonds is 3. The summed E-state index contributed by atoms with van der Waals surface area (Å²) in [5.41, 5.74) is 2.22. The van der Waals surface area contributed by atoms with E-state index in [9.17, 15) is 0 Å². The first-order valence-electron chi connectivity index (χ1n) is 7.03.